The third-order valence-corrected chi connectivity index (χ3v) is 4.32. The van der Waals surface area contributed by atoms with Crippen LogP contribution >= 0.6 is 0 Å². The lowest BCUT2D eigenvalue weighted by Gasteiger charge is -2.26. The smallest absolute Gasteiger partial charge is 0.458 e. The molecule has 0 aliphatic heterocycles. The van der Waals surface area contributed by atoms with Crippen LogP contribution in [0.4, 0.5) is 13.2 Å². The fraction of sp³-hybridized carbons (Fsp3) is 0.542. The number of hydrogen-bond donors (Lipinski definition) is 2. The molecule has 0 aromatic heterocycles. The third-order valence-electron chi connectivity index (χ3n) is 4.32. The van der Waals surface area contributed by atoms with Crippen LogP contribution in [0, 0.1) is 5.92 Å². The van der Waals surface area contributed by atoms with Crippen LogP contribution in [0.3, 0.4) is 0 Å². The molecule has 9 heteroatoms. The first-order valence-corrected chi connectivity index (χ1v) is 10.8. The molecule has 33 heavy (non-hydrogen) atoms. The second-order valence-electron chi connectivity index (χ2n) is 9.14. The lowest BCUT2D eigenvalue weighted by atomic mass is 10.0. The first-order valence-electron chi connectivity index (χ1n) is 10.8. The Bertz CT molecular complexity index is 815. The maximum absolute atomic E-state index is 12.9. The summed E-state index contributed by atoms with van der Waals surface area (Å²) < 4.78 is 43.9. The van der Waals surface area contributed by atoms with Crippen LogP contribution in [0.15, 0.2) is 42.5 Å². The van der Waals surface area contributed by atoms with Crippen molar-refractivity contribution in [2.45, 2.75) is 77.7 Å². The van der Waals surface area contributed by atoms with Gasteiger partial charge in [-0.2, -0.15) is 13.2 Å². The quantitative estimate of drug-likeness (QED) is 0.398. The Kier molecular flexibility index (Phi) is 10.6. The molecule has 0 spiro atoms. The van der Waals surface area contributed by atoms with Crippen molar-refractivity contribution in [3.8, 4) is 0 Å². The van der Waals surface area contributed by atoms with E-state index in [-0.39, 0.29) is 12.8 Å². The Morgan fingerprint density at radius 2 is 1.52 bits per heavy atom. The SMILES string of the molecule is CC(C)C/C=C/C[C@@H](NC(=O)[C@H](Cc1ccccc1)NC(=O)C(F)(F)F)C(=O)OC(C)(C)C. The number of rotatable bonds is 10. The minimum atomic E-state index is -5.15. The minimum Gasteiger partial charge on any atom is -0.458 e. The standard InChI is InChI=1S/C24H33F3N2O4/c1-16(2)11-9-10-14-18(21(31)33-23(3,4)5)28-20(30)19(29-22(32)24(25,26)27)15-17-12-7-6-8-13-17/h6-10,12-13,16,18-19H,11,14-15H2,1-5H3,(H,28,30)(H,29,32)/b10-9+/t18-,19+/m1/s1. The maximum Gasteiger partial charge on any atom is 0.471 e. The third kappa shape index (κ3) is 11.5. The van der Waals surface area contributed by atoms with Gasteiger partial charge in [0.05, 0.1) is 0 Å². The fourth-order valence-electron chi connectivity index (χ4n) is 2.76. The van der Waals surface area contributed by atoms with Gasteiger partial charge in [-0.25, -0.2) is 4.79 Å². The highest BCUT2D eigenvalue weighted by atomic mass is 19.4. The molecular formula is C24H33F3N2O4. The molecule has 0 aliphatic carbocycles. The van der Waals surface area contributed by atoms with Crippen molar-refractivity contribution in [1.82, 2.24) is 10.6 Å². The average molecular weight is 471 g/mol. The van der Waals surface area contributed by atoms with Crippen molar-refractivity contribution >= 4 is 17.8 Å². The van der Waals surface area contributed by atoms with E-state index in [0.717, 1.165) is 6.42 Å². The molecule has 0 fully saturated rings. The number of carbonyl (C=O) groups excluding carboxylic acids is 3. The van der Waals surface area contributed by atoms with Gasteiger partial charge >= 0.3 is 18.1 Å². The summed E-state index contributed by atoms with van der Waals surface area (Å²) in [5.74, 6) is -3.47. The Hall–Kier alpha value is -2.84. The van der Waals surface area contributed by atoms with Gasteiger partial charge in [-0.1, -0.05) is 56.3 Å². The summed E-state index contributed by atoms with van der Waals surface area (Å²) in [6.45, 7) is 9.05. The average Bonchev–Trinajstić information content (AvgIpc) is 2.68. The second kappa shape index (κ2) is 12.4. The molecule has 0 heterocycles. The summed E-state index contributed by atoms with van der Waals surface area (Å²) >= 11 is 0. The molecule has 6 nitrogen and oxygen atoms in total. The zero-order valence-corrected chi connectivity index (χ0v) is 19.7. The molecule has 1 rings (SSSR count). The molecular weight excluding hydrogens is 437 g/mol. The predicted molar refractivity (Wildman–Crippen MR) is 119 cm³/mol. The zero-order chi connectivity index (χ0) is 25.2. The van der Waals surface area contributed by atoms with E-state index < -0.39 is 41.6 Å². The van der Waals surface area contributed by atoms with Crippen LogP contribution in [0.2, 0.25) is 0 Å². The number of amides is 2. The summed E-state index contributed by atoms with van der Waals surface area (Å²) in [6, 6.07) is 5.64. The molecule has 0 saturated carbocycles. The van der Waals surface area contributed by atoms with Crippen molar-refractivity contribution in [2.75, 3.05) is 0 Å². The van der Waals surface area contributed by atoms with Gasteiger partial charge < -0.3 is 15.4 Å². The summed E-state index contributed by atoms with van der Waals surface area (Å²) in [5, 5.41) is 4.19. The van der Waals surface area contributed by atoms with Gasteiger partial charge in [-0.15, -0.1) is 0 Å². The minimum absolute atomic E-state index is 0.0959. The fourth-order valence-corrected chi connectivity index (χ4v) is 2.76. The molecule has 0 aliphatic rings. The zero-order valence-electron chi connectivity index (χ0n) is 19.7. The van der Waals surface area contributed by atoms with E-state index in [2.05, 4.69) is 5.32 Å². The van der Waals surface area contributed by atoms with Gasteiger partial charge in [0, 0.05) is 6.42 Å². The van der Waals surface area contributed by atoms with E-state index in [9.17, 15) is 27.6 Å². The molecule has 0 saturated heterocycles. The summed E-state index contributed by atoms with van der Waals surface area (Å²) in [7, 11) is 0. The number of nitrogens with one attached hydrogen (secondary N) is 2. The van der Waals surface area contributed by atoms with E-state index in [4.69, 9.17) is 4.74 Å². The Balaban J connectivity index is 3.07. The maximum atomic E-state index is 12.9. The lowest BCUT2D eigenvalue weighted by Crippen LogP contribution is -2.55. The number of carbonyl (C=O) groups is 3. The number of halogens is 3. The first-order chi connectivity index (χ1) is 15.2. The van der Waals surface area contributed by atoms with Crippen LogP contribution in [-0.4, -0.2) is 41.6 Å². The van der Waals surface area contributed by atoms with E-state index in [1.54, 1.807) is 62.5 Å². The molecule has 1 aromatic rings. The van der Waals surface area contributed by atoms with E-state index >= 15 is 0 Å². The highest BCUT2D eigenvalue weighted by Crippen LogP contribution is 2.16. The van der Waals surface area contributed by atoms with Gasteiger partial charge in [-0.3, -0.25) is 9.59 Å². The van der Waals surface area contributed by atoms with Crippen LogP contribution in [0.1, 0.15) is 53.0 Å². The lowest BCUT2D eigenvalue weighted by molar-refractivity contribution is -0.174. The molecule has 2 amide bonds. The second-order valence-corrected chi connectivity index (χ2v) is 9.14. The van der Waals surface area contributed by atoms with E-state index in [0.29, 0.717) is 11.5 Å². The van der Waals surface area contributed by atoms with Gasteiger partial charge in [-0.05, 0) is 45.1 Å². The first kappa shape index (κ1) is 28.2. The van der Waals surface area contributed by atoms with E-state index in [1.807, 2.05) is 19.9 Å². The van der Waals surface area contributed by atoms with Crippen molar-refractivity contribution in [1.29, 1.82) is 0 Å². The van der Waals surface area contributed by atoms with Crippen molar-refractivity contribution in [2.24, 2.45) is 5.92 Å². The normalized spacial score (nSPS) is 14.1. The van der Waals surface area contributed by atoms with Crippen molar-refractivity contribution < 1.29 is 32.3 Å². The molecule has 2 atom stereocenters. The van der Waals surface area contributed by atoms with Crippen LogP contribution < -0.4 is 10.6 Å². The number of esters is 1. The number of alkyl halides is 3. The van der Waals surface area contributed by atoms with Crippen LogP contribution in [0.25, 0.3) is 0 Å². The number of allylic oxidation sites excluding steroid dienone is 1. The molecule has 0 unspecified atom stereocenters. The summed E-state index contributed by atoms with van der Waals surface area (Å²) in [6.07, 6.45) is -0.902. The number of benzene rings is 1. The van der Waals surface area contributed by atoms with Crippen molar-refractivity contribution in [3.05, 3.63) is 48.0 Å². The predicted octanol–water partition coefficient (Wildman–Crippen LogP) is 4.10. The number of hydrogen-bond acceptors (Lipinski definition) is 4. The monoisotopic (exact) mass is 470 g/mol. The molecule has 0 bridgehead atoms. The summed E-state index contributed by atoms with van der Waals surface area (Å²) in [4.78, 5) is 37.1. The van der Waals surface area contributed by atoms with Gasteiger partial charge in [0.15, 0.2) is 0 Å². The van der Waals surface area contributed by atoms with Gasteiger partial charge in [0.1, 0.15) is 17.7 Å². The Labute approximate surface area is 193 Å². The Morgan fingerprint density at radius 3 is 2.03 bits per heavy atom. The molecule has 184 valence electrons. The Morgan fingerprint density at radius 1 is 0.939 bits per heavy atom. The van der Waals surface area contributed by atoms with Crippen LogP contribution in [-0.2, 0) is 25.5 Å². The largest absolute Gasteiger partial charge is 0.471 e. The molecule has 1 aromatic carbocycles. The van der Waals surface area contributed by atoms with E-state index in [1.165, 1.54) is 0 Å². The highest BCUT2D eigenvalue weighted by Gasteiger charge is 2.41. The van der Waals surface area contributed by atoms with Gasteiger partial charge in [0.2, 0.25) is 5.91 Å². The van der Waals surface area contributed by atoms with Crippen molar-refractivity contribution in [3.63, 3.8) is 0 Å². The highest BCUT2D eigenvalue weighted by molar-refractivity contribution is 5.92. The topological polar surface area (TPSA) is 84.5 Å². The molecule has 2 N–H and O–H groups in total. The van der Waals surface area contributed by atoms with Gasteiger partial charge in [0.25, 0.3) is 0 Å². The number of ether oxygens (including phenoxy) is 1. The van der Waals surface area contributed by atoms with Crippen LogP contribution in [0.5, 0.6) is 0 Å². The molecule has 0 radical (unpaired) electrons. The summed E-state index contributed by atoms with van der Waals surface area (Å²) in [5.41, 5.74) is -0.277.